The zero-order valence-electron chi connectivity index (χ0n) is 14.9. The molecule has 1 aromatic carbocycles. The highest BCUT2D eigenvalue weighted by atomic mass is 31.2. The Balaban J connectivity index is 1.95. The van der Waals surface area contributed by atoms with Crippen LogP contribution in [0.4, 0.5) is 0 Å². The van der Waals surface area contributed by atoms with Crippen molar-refractivity contribution >= 4 is 7.60 Å². The molecule has 2 N–H and O–H groups in total. The minimum Gasteiger partial charge on any atom is -0.424 e. The topological polar surface area (TPSA) is 66.8 Å². The van der Waals surface area contributed by atoms with E-state index in [4.69, 9.17) is 9.63 Å². The van der Waals surface area contributed by atoms with Crippen LogP contribution in [0.5, 0.6) is 5.75 Å². The maximum absolute atomic E-state index is 12.0. The number of hydrogen-bond acceptors (Lipinski definition) is 3. The van der Waals surface area contributed by atoms with Gasteiger partial charge in [0.05, 0.1) is 12.3 Å². The molecule has 2 atom stereocenters. The lowest BCUT2D eigenvalue weighted by atomic mass is 10.1. The van der Waals surface area contributed by atoms with Crippen LogP contribution in [0.25, 0.3) is 0 Å². The fourth-order valence-electron chi connectivity index (χ4n) is 2.68. The van der Waals surface area contributed by atoms with Gasteiger partial charge in [-0.3, -0.25) is 0 Å². The van der Waals surface area contributed by atoms with E-state index in [1.165, 1.54) is 32.1 Å². The molecule has 0 aliphatic heterocycles. The van der Waals surface area contributed by atoms with E-state index in [1.54, 1.807) is 24.3 Å². The third-order valence-corrected chi connectivity index (χ3v) is 5.43. The minimum atomic E-state index is -3.52. The Hall–Kier alpha value is -0.830. The van der Waals surface area contributed by atoms with Gasteiger partial charge in [-0.05, 0) is 31.9 Å². The molecule has 5 heteroatoms. The summed E-state index contributed by atoms with van der Waals surface area (Å²) in [6, 6.07) is 8.83. The van der Waals surface area contributed by atoms with Crippen LogP contribution in [-0.4, -0.2) is 22.3 Å². The molecule has 0 aliphatic carbocycles. The number of para-hydroxylation sites is 1. The summed E-state index contributed by atoms with van der Waals surface area (Å²) in [6.07, 6.45) is 11.0. The molecule has 1 aromatic rings. The first-order valence-corrected chi connectivity index (χ1v) is 11.0. The van der Waals surface area contributed by atoms with E-state index < -0.39 is 7.60 Å². The zero-order chi connectivity index (χ0) is 17.7. The molecule has 0 fully saturated rings. The molecule has 0 spiro atoms. The summed E-state index contributed by atoms with van der Waals surface area (Å²) in [4.78, 5) is 9.85. The van der Waals surface area contributed by atoms with E-state index in [2.05, 4.69) is 0 Å². The molecule has 4 nitrogen and oxygen atoms in total. The van der Waals surface area contributed by atoms with E-state index in [0.717, 1.165) is 32.1 Å². The molecule has 0 bridgehead atoms. The lowest BCUT2D eigenvalue weighted by molar-refractivity contribution is 0.180. The van der Waals surface area contributed by atoms with Gasteiger partial charge in [0, 0.05) is 0 Å². The Labute approximate surface area is 146 Å². The van der Waals surface area contributed by atoms with Crippen LogP contribution < -0.4 is 4.52 Å². The zero-order valence-corrected chi connectivity index (χ0v) is 15.8. The highest BCUT2D eigenvalue weighted by Crippen LogP contribution is 2.43. The van der Waals surface area contributed by atoms with E-state index in [9.17, 15) is 9.46 Å². The Morgan fingerprint density at radius 2 is 1.42 bits per heavy atom. The second-order valence-electron chi connectivity index (χ2n) is 6.59. The maximum Gasteiger partial charge on any atom is 0.376 e. The standard InChI is InChI=1S/C19H33O4P/c1-18(20)14-10-7-5-3-2-4-6-8-13-17-24(21,22)23-19-15-11-9-12-16-19/h9,11-12,15-16,18,20H,2-8,10,13-14,17H2,1H3,(H,21,22). The van der Waals surface area contributed by atoms with Crippen molar-refractivity contribution in [3.63, 3.8) is 0 Å². The molecular weight excluding hydrogens is 323 g/mol. The summed E-state index contributed by atoms with van der Waals surface area (Å²) in [6.45, 7) is 1.84. The van der Waals surface area contributed by atoms with Gasteiger partial charge in [-0.2, -0.15) is 0 Å². The van der Waals surface area contributed by atoms with Crippen molar-refractivity contribution in [1.29, 1.82) is 0 Å². The molecule has 0 saturated carbocycles. The van der Waals surface area contributed by atoms with Gasteiger partial charge in [-0.1, -0.05) is 69.6 Å². The largest absolute Gasteiger partial charge is 0.424 e. The number of aliphatic hydroxyl groups is 1. The first kappa shape index (κ1) is 21.2. The lowest BCUT2D eigenvalue weighted by Crippen LogP contribution is -1.98. The Morgan fingerprint density at radius 3 is 1.96 bits per heavy atom. The minimum absolute atomic E-state index is 0.168. The molecule has 0 radical (unpaired) electrons. The second-order valence-corrected chi connectivity index (χ2v) is 8.49. The van der Waals surface area contributed by atoms with Crippen molar-refractivity contribution in [2.24, 2.45) is 0 Å². The lowest BCUT2D eigenvalue weighted by Gasteiger charge is -2.13. The summed E-state index contributed by atoms with van der Waals surface area (Å²) in [7, 11) is -3.52. The molecule has 0 heterocycles. The van der Waals surface area contributed by atoms with Crippen LogP contribution in [0.3, 0.4) is 0 Å². The summed E-state index contributed by atoms with van der Waals surface area (Å²) < 4.78 is 17.2. The van der Waals surface area contributed by atoms with E-state index in [1.807, 2.05) is 13.0 Å². The summed E-state index contributed by atoms with van der Waals surface area (Å²) in [5, 5.41) is 9.17. The Morgan fingerprint density at radius 1 is 0.917 bits per heavy atom. The Kier molecular flexibility index (Phi) is 11.1. The first-order valence-electron chi connectivity index (χ1n) is 9.24. The molecule has 0 saturated heterocycles. The van der Waals surface area contributed by atoms with Crippen LogP contribution in [0.1, 0.15) is 71.1 Å². The maximum atomic E-state index is 12.0. The van der Waals surface area contributed by atoms with Crippen molar-refractivity contribution in [3.05, 3.63) is 30.3 Å². The number of rotatable bonds is 14. The number of aliphatic hydroxyl groups excluding tert-OH is 1. The van der Waals surface area contributed by atoms with Crippen LogP contribution in [0.2, 0.25) is 0 Å². The number of benzene rings is 1. The molecule has 138 valence electrons. The third kappa shape index (κ3) is 11.7. The summed E-state index contributed by atoms with van der Waals surface area (Å²) in [5.41, 5.74) is 0. The van der Waals surface area contributed by atoms with Gasteiger partial charge in [-0.15, -0.1) is 0 Å². The molecule has 0 aromatic heterocycles. The molecule has 1 rings (SSSR count). The van der Waals surface area contributed by atoms with Crippen LogP contribution >= 0.6 is 7.60 Å². The van der Waals surface area contributed by atoms with Crippen LogP contribution in [0, 0.1) is 0 Å². The average Bonchev–Trinajstić information content (AvgIpc) is 2.52. The van der Waals surface area contributed by atoms with Crippen LogP contribution in [-0.2, 0) is 4.57 Å². The van der Waals surface area contributed by atoms with E-state index in [0.29, 0.717) is 5.75 Å². The number of hydrogen-bond donors (Lipinski definition) is 2. The van der Waals surface area contributed by atoms with Gasteiger partial charge in [0.1, 0.15) is 5.75 Å². The second kappa shape index (κ2) is 12.5. The molecule has 2 unspecified atom stereocenters. The number of unbranched alkanes of at least 4 members (excludes halogenated alkanes) is 8. The fourth-order valence-corrected chi connectivity index (χ4v) is 3.85. The quantitative estimate of drug-likeness (QED) is 0.340. The highest BCUT2D eigenvalue weighted by molar-refractivity contribution is 7.53. The molecule has 0 amide bonds. The predicted octanol–water partition coefficient (Wildman–Crippen LogP) is 5.53. The van der Waals surface area contributed by atoms with Gasteiger partial charge in [0.15, 0.2) is 0 Å². The van der Waals surface area contributed by atoms with Crippen molar-refractivity contribution in [3.8, 4) is 5.75 Å². The van der Waals surface area contributed by atoms with Crippen LogP contribution in [0.15, 0.2) is 30.3 Å². The van der Waals surface area contributed by atoms with E-state index in [-0.39, 0.29) is 12.3 Å². The molecule has 0 aliphatic rings. The van der Waals surface area contributed by atoms with Gasteiger partial charge >= 0.3 is 7.60 Å². The van der Waals surface area contributed by atoms with Crippen molar-refractivity contribution in [1.82, 2.24) is 0 Å². The van der Waals surface area contributed by atoms with Crippen molar-refractivity contribution < 1.29 is 19.1 Å². The summed E-state index contributed by atoms with van der Waals surface area (Å²) in [5.74, 6) is 0.457. The Bertz CT molecular complexity index is 462. The highest BCUT2D eigenvalue weighted by Gasteiger charge is 2.19. The first-order chi connectivity index (χ1) is 11.5. The molecule has 24 heavy (non-hydrogen) atoms. The monoisotopic (exact) mass is 356 g/mol. The van der Waals surface area contributed by atoms with Gasteiger partial charge in [0.2, 0.25) is 0 Å². The average molecular weight is 356 g/mol. The van der Waals surface area contributed by atoms with E-state index >= 15 is 0 Å². The SMILES string of the molecule is CC(O)CCCCCCCCCCCP(=O)(O)Oc1ccccc1. The van der Waals surface area contributed by atoms with Gasteiger partial charge in [-0.25, -0.2) is 4.57 Å². The summed E-state index contributed by atoms with van der Waals surface area (Å²) >= 11 is 0. The van der Waals surface area contributed by atoms with Crippen molar-refractivity contribution in [2.75, 3.05) is 6.16 Å². The van der Waals surface area contributed by atoms with Crippen molar-refractivity contribution in [2.45, 2.75) is 77.2 Å². The normalized spacial score (nSPS) is 15.0. The van der Waals surface area contributed by atoms with Gasteiger partial charge in [0.25, 0.3) is 0 Å². The third-order valence-electron chi connectivity index (χ3n) is 4.05. The molecular formula is C19H33O4P. The predicted molar refractivity (Wildman–Crippen MR) is 99.6 cm³/mol. The van der Waals surface area contributed by atoms with Gasteiger partial charge < -0.3 is 14.5 Å². The smallest absolute Gasteiger partial charge is 0.376 e. The fraction of sp³-hybridized carbons (Fsp3) is 0.684.